The first-order valence-corrected chi connectivity index (χ1v) is 8.32. The Morgan fingerprint density at radius 3 is 2.65 bits per heavy atom. The molecule has 5 heteroatoms. The van der Waals surface area contributed by atoms with E-state index in [1.54, 1.807) is 14.2 Å². The van der Waals surface area contributed by atoms with Crippen molar-refractivity contribution in [2.45, 2.75) is 19.3 Å². The zero-order chi connectivity index (χ0) is 15.8. The van der Waals surface area contributed by atoms with Gasteiger partial charge in [0.1, 0.15) is 0 Å². The van der Waals surface area contributed by atoms with Gasteiger partial charge in [0.05, 0.1) is 19.7 Å². The molecule has 0 unspecified atom stereocenters. The molecule has 1 aromatic carbocycles. The fraction of sp³-hybridized carbons (Fsp3) is 0.500. The maximum Gasteiger partial charge on any atom is 0.162 e. The van der Waals surface area contributed by atoms with Crippen LogP contribution >= 0.6 is 0 Å². The summed E-state index contributed by atoms with van der Waals surface area (Å²) >= 11 is 0. The lowest BCUT2D eigenvalue weighted by molar-refractivity contribution is 0.355. The van der Waals surface area contributed by atoms with Crippen LogP contribution in [0.2, 0.25) is 0 Å². The minimum absolute atomic E-state index is 0.718. The SMILES string of the molecule is COc1cc2nc3c(c(NCC4CNC4)c2cc1OC)CCC3. The zero-order valence-electron chi connectivity index (χ0n) is 13.7. The van der Waals surface area contributed by atoms with Gasteiger partial charge in [0.25, 0.3) is 0 Å². The van der Waals surface area contributed by atoms with Crippen molar-refractivity contribution >= 4 is 16.6 Å². The molecule has 2 aliphatic rings. The maximum absolute atomic E-state index is 5.49. The van der Waals surface area contributed by atoms with E-state index in [0.29, 0.717) is 0 Å². The molecule has 23 heavy (non-hydrogen) atoms. The number of aryl methyl sites for hydroxylation is 1. The van der Waals surface area contributed by atoms with Crippen molar-refractivity contribution < 1.29 is 9.47 Å². The van der Waals surface area contributed by atoms with Crippen LogP contribution in [-0.4, -0.2) is 38.8 Å². The first kappa shape index (κ1) is 14.6. The third kappa shape index (κ3) is 2.49. The van der Waals surface area contributed by atoms with Crippen LogP contribution in [0.1, 0.15) is 17.7 Å². The number of pyridine rings is 1. The highest BCUT2D eigenvalue weighted by Gasteiger charge is 2.23. The topological polar surface area (TPSA) is 55.4 Å². The summed E-state index contributed by atoms with van der Waals surface area (Å²) in [6.07, 6.45) is 3.36. The van der Waals surface area contributed by atoms with Gasteiger partial charge in [-0.1, -0.05) is 0 Å². The minimum atomic E-state index is 0.718. The zero-order valence-corrected chi connectivity index (χ0v) is 13.7. The number of hydrogen-bond acceptors (Lipinski definition) is 5. The summed E-state index contributed by atoms with van der Waals surface area (Å²) in [5.41, 5.74) is 4.85. The fourth-order valence-corrected chi connectivity index (χ4v) is 3.53. The molecular weight excluding hydrogens is 290 g/mol. The lowest BCUT2D eigenvalue weighted by Crippen LogP contribution is -2.45. The van der Waals surface area contributed by atoms with E-state index in [2.05, 4.69) is 16.7 Å². The Hall–Kier alpha value is -2.01. The first-order chi connectivity index (χ1) is 11.3. The number of nitrogens with zero attached hydrogens (tertiary/aromatic N) is 1. The number of aromatic nitrogens is 1. The van der Waals surface area contributed by atoms with Gasteiger partial charge in [-0.25, -0.2) is 0 Å². The van der Waals surface area contributed by atoms with E-state index >= 15 is 0 Å². The lowest BCUT2D eigenvalue weighted by atomic mass is 10.0. The van der Waals surface area contributed by atoms with Gasteiger partial charge in [0, 0.05) is 48.4 Å². The molecule has 0 atom stereocenters. The first-order valence-electron chi connectivity index (χ1n) is 8.32. The largest absolute Gasteiger partial charge is 0.493 e. The molecule has 1 aliphatic heterocycles. The minimum Gasteiger partial charge on any atom is -0.493 e. The summed E-state index contributed by atoms with van der Waals surface area (Å²) in [5, 5.41) is 8.17. The van der Waals surface area contributed by atoms with E-state index in [0.717, 1.165) is 60.8 Å². The molecule has 1 aromatic heterocycles. The second-order valence-corrected chi connectivity index (χ2v) is 6.40. The monoisotopic (exact) mass is 313 g/mol. The summed E-state index contributed by atoms with van der Waals surface area (Å²) in [4.78, 5) is 4.87. The molecule has 1 saturated heterocycles. The highest BCUT2D eigenvalue weighted by Crippen LogP contribution is 2.39. The van der Waals surface area contributed by atoms with Crippen LogP contribution in [0.15, 0.2) is 12.1 Å². The number of nitrogens with one attached hydrogen (secondary N) is 2. The number of hydrogen-bond donors (Lipinski definition) is 2. The normalized spacial score (nSPS) is 17.0. The third-order valence-corrected chi connectivity index (χ3v) is 4.95. The highest BCUT2D eigenvalue weighted by molar-refractivity contribution is 5.96. The molecule has 2 N–H and O–H groups in total. The van der Waals surface area contributed by atoms with E-state index in [1.807, 2.05) is 6.07 Å². The summed E-state index contributed by atoms with van der Waals surface area (Å²) in [5.74, 6) is 2.21. The molecular formula is C18H23N3O2. The van der Waals surface area contributed by atoms with Crippen molar-refractivity contribution in [3.8, 4) is 11.5 Å². The van der Waals surface area contributed by atoms with E-state index in [-0.39, 0.29) is 0 Å². The quantitative estimate of drug-likeness (QED) is 0.887. The molecule has 4 rings (SSSR count). The van der Waals surface area contributed by atoms with E-state index < -0.39 is 0 Å². The molecule has 2 heterocycles. The number of rotatable bonds is 5. The van der Waals surface area contributed by atoms with Gasteiger partial charge in [-0.3, -0.25) is 4.98 Å². The summed E-state index contributed by atoms with van der Waals surface area (Å²) in [7, 11) is 3.34. The second-order valence-electron chi connectivity index (χ2n) is 6.40. The molecule has 0 radical (unpaired) electrons. The van der Waals surface area contributed by atoms with E-state index in [9.17, 15) is 0 Å². The maximum atomic E-state index is 5.49. The number of methoxy groups -OCH3 is 2. The molecule has 0 bridgehead atoms. The van der Waals surface area contributed by atoms with Crippen LogP contribution in [0.3, 0.4) is 0 Å². The number of ether oxygens (including phenoxy) is 2. The predicted molar refractivity (Wildman–Crippen MR) is 91.7 cm³/mol. The van der Waals surface area contributed by atoms with Crippen LogP contribution in [0, 0.1) is 5.92 Å². The highest BCUT2D eigenvalue weighted by atomic mass is 16.5. The van der Waals surface area contributed by atoms with Crippen LogP contribution in [0.4, 0.5) is 5.69 Å². The average Bonchev–Trinajstić information content (AvgIpc) is 2.99. The molecule has 1 aliphatic carbocycles. The summed E-state index contributed by atoms with van der Waals surface area (Å²) in [6, 6.07) is 4.05. The van der Waals surface area contributed by atoms with Crippen molar-refractivity contribution in [1.29, 1.82) is 0 Å². The van der Waals surface area contributed by atoms with Crippen LogP contribution in [-0.2, 0) is 12.8 Å². The van der Waals surface area contributed by atoms with E-state index in [4.69, 9.17) is 14.5 Å². The van der Waals surface area contributed by atoms with Gasteiger partial charge in [-0.15, -0.1) is 0 Å². The molecule has 0 amide bonds. The van der Waals surface area contributed by atoms with Gasteiger partial charge in [-0.2, -0.15) is 0 Å². The van der Waals surface area contributed by atoms with Crippen molar-refractivity contribution in [3.05, 3.63) is 23.4 Å². The summed E-state index contributed by atoms with van der Waals surface area (Å²) < 4.78 is 10.9. The molecule has 2 aromatic rings. The van der Waals surface area contributed by atoms with Crippen molar-refractivity contribution in [2.24, 2.45) is 5.92 Å². The number of anilines is 1. The second kappa shape index (κ2) is 5.89. The van der Waals surface area contributed by atoms with Gasteiger partial charge in [0.2, 0.25) is 0 Å². The van der Waals surface area contributed by atoms with Crippen LogP contribution in [0.25, 0.3) is 10.9 Å². The number of benzene rings is 1. The average molecular weight is 313 g/mol. The van der Waals surface area contributed by atoms with Crippen LogP contribution in [0.5, 0.6) is 11.5 Å². The number of fused-ring (bicyclic) bond motifs is 2. The van der Waals surface area contributed by atoms with Crippen LogP contribution < -0.4 is 20.1 Å². The Labute approximate surface area is 136 Å². The Kier molecular flexibility index (Phi) is 3.73. The molecule has 5 nitrogen and oxygen atoms in total. The fourth-order valence-electron chi connectivity index (χ4n) is 3.53. The Bertz CT molecular complexity index is 741. The summed E-state index contributed by atoms with van der Waals surface area (Å²) in [6.45, 7) is 3.22. The molecule has 122 valence electrons. The Balaban J connectivity index is 1.82. The van der Waals surface area contributed by atoms with Crippen molar-refractivity contribution in [1.82, 2.24) is 10.3 Å². The third-order valence-electron chi connectivity index (χ3n) is 4.95. The van der Waals surface area contributed by atoms with Crippen molar-refractivity contribution in [3.63, 3.8) is 0 Å². The van der Waals surface area contributed by atoms with Gasteiger partial charge < -0.3 is 20.1 Å². The van der Waals surface area contributed by atoms with E-state index in [1.165, 1.54) is 23.4 Å². The predicted octanol–water partition coefficient (Wildman–Crippen LogP) is 2.37. The molecule has 0 saturated carbocycles. The van der Waals surface area contributed by atoms with Crippen molar-refractivity contribution in [2.75, 3.05) is 39.2 Å². The lowest BCUT2D eigenvalue weighted by Gasteiger charge is -2.28. The molecule has 1 fully saturated rings. The smallest absolute Gasteiger partial charge is 0.162 e. The standard InChI is InChI=1S/C18H23N3O2/c1-22-16-6-13-15(7-17(16)23-2)21-14-5-3-4-12(14)18(13)20-10-11-8-19-9-11/h6-7,11,19H,3-5,8-10H2,1-2H3,(H,20,21). The molecule has 0 spiro atoms. The van der Waals surface area contributed by atoms with Gasteiger partial charge in [-0.05, 0) is 30.9 Å². The Morgan fingerprint density at radius 1 is 1.17 bits per heavy atom. The van der Waals surface area contributed by atoms with Gasteiger partial charge in [0.15, 0.2) is 11.5 Å². The Morgan fingerprint density at radius 2 is 1.96 bits per heavy atom. The van der Waals surface area contributed by atoms with Gasteiger partial charge >= 0.3 is 0 Å².